The van der Waals surface area contributed by atoms with Crippen molar-refractivity contribution < 1.29 is 0 Å². The molecule has 0 atom stereocenters. The summed E-state index contributed by atoms with van der Waals surface area (Å²) in [4.78, 5) is 1.23. The SMILES string of the molecule is CCCNCc1cc(-c2cccs2)nn1C. The summed E-state index contributed by atoms with van der Waals surface area (Å²) < 4.78 is 1.96. The summed E-state index contributed by atoms with van der Waals surface area (Å²) >= 11 is 1.73. The van der Waals surface area contributed by atoms with E-state index in [0.717, 1.165) is 25.2 Å². The highest BCUT2D eigenvalue weighted by molar-refractivity contribution is 7.13. The van der Waals surface area contributed by atoms with Crippen LogP contribution in [0.15, 0.2) is 23.6 Å². The van der Waals surface area contributed by atoms with Crippen LogP contribution in [0.25, 0.3) is 10.6 Å². The Morgan fingerprint density at radius 3 is 3.06 bits per heavy atom. The molecule has 0 saturated carbocycles. The first-order chi connectivity index (χ1) is 7.81. The van der Waals surface area contributed by atoms with Gasteiger partial charge in [-0.3, -0.25) is 4.68 Å². The minimum Gasteiger partial charge on any atom is -0.311 e. The molecule has 0 fully saturated rings. The van der Waals surface area contributed by atoms with E-state index in [1.54, 1.807) is 11.3 Å². The number of nitrogens with one attached hydrogen (secondary N) is 1. The molecule has 0 amide bonds. The summed E-state index contributed by atoms with van der Waals surface area (Å²) in [5, 5.41) is 9.99. The lowest BCUT2D eigenvalue weighted by molar-refractivity contribution is 0.620. The van der Waals surface area contributed by atoms with Gasteiger partial charge in [0.15, 0.2) is 0 Å². The average molecular weight is 235 g/mol. The largest absolute Gasteiger partial charge is 0.311 e. The Bertz CT molecular complexity index is 431. The van der Waals surface area contributed by atoms with Gasteiger partial charge in [0.2, 0.25) is 0 Å². The number of aromatic nitrogens is 2. The first-order valence-corrected chi connectivity index (χ1v) is 6.46. The summed E-state index contributed by atoms with van der Waals surface area (Å²) in [6, 6.07) is 6.33. The van der Waals surface area contributed by atoms with Crippen molar-refractivity contribution in [3.8, 4) is 10.6 Å². The molecule has 0 aliphatic heterocycles. The molecule has 1 N–H and O–H groups in total. The monoisotopic (exact) mass is 235 g/mol. The molecule has 2 rings (SSSR count). The van der Waals surface area contributed by atoms with Crippen molar-refractivity contribution in [3.63, 3.8) is 0 Å². The molecule has 3 nitrogen and oxygen atoms in total. The van der Waals surface area contributed by atoms with Gasteiger partial charge in [-0.15, -0.1) is 11.3 Å². The zero-order valence-electron chi connectivity index (χ0n) is 9.73. The minimum absolute atomic E-state index is 0.892. The summed E-state index contributed by atoms with van der Waals surface area (Å²) in [5.41, 5.74) is 2.31. The Morgan fingerprint density at radius 1 is 1.50 bits per heavy atom. The quantitative estimate of drug-likeness (QED) is 0.807. The molecule has 2 aromatic rings. The van der Waals surface area contributed by atoms with Crippen molar-refractivity contribution in [1.29, 1.82) is 0 Å². The van der Waals surface area contributed by atoms with Crippen LogP contribution in [0, 0.1) is 0 Å². The zero-order valence-corrected chi connectivity index (χ0v) is 10.5. The van der Waals surface area contributed by atoms with Gasteiger partial charge >= 0.3 is 0 Å². The average Bonchev–Trinajstić information content (AvgIpc) is 2.88. The maximum absolute atomic E-state index is 4.52. The Labute approximate surface area is 100 Å². The number of nitrogens with zero attached hydrogens (tertiary/aromatic N) is 2. The molecule has 0 aliphatic rings. The number of thiophene rings is 1. The number of hydrogen-bond donors (Lipinski definition) is 1. The number of hydrogen-bond acceptors (Lipinski definition) is 3. The molecule has 0 aliphatic carbocycles. The zero-order chi connectivity index (χ0) is 11.4. The van der Waals surface area contributed by atoms with Gasteiger partial charge in [0.25, 0.3) is 0 Å². The van der Waals surface area contributed by atoms with E-state index in [9.17, 15) is 0 Å². The van der Waals surface area contributed by atoms with Gasteiger partial charge in [-0.25, -0.2) is 0 Å². The van der Waals surface area contributed by atoms with Crippen molar-refractivity contribution >= 4 is 11.3 Å². The standard InChI is InChI=1S/C12H17N3S/c1-3-6-13-9-10-8-11(14-15(10)2)12-5-4-7-16-12/h4-5,7-8,13H,3,6,9H2,1-2H3. The molecule has 0 spiro atoms. The fourth-order valence-corrected chi connectivity index (χ4v) is 2.29. The lowest BCUT2D eigenvalue weighted by Gasteiger charge is -2.02. The summed E-state index contributed by atoms with van der Waals surface area (Å²) in [7, 11) is 2.00. The first-order valence-electron chi connectivity index (χ1n) is 5.58. The molecular formula is C12H17N3S. The normalized spacial score (nSPS) is 10.9. The summed E-state index contributed by atoms with van der Waals surface area (Å²) in [6.45, 7) is 4.12. The van der Waals surface area contributed by atoms with Crippen LogP contribution in [0.5, 0.6) is 0 Å². The third-order valence-electron chi connectivity index (χ3n) is 2.48. The highest BCUT2D eigenvalue weighted by atomic mass is 32.1. The van der Waals surface area contributed by atoms with Gasteiger partial charge in [0, 0.05) is 13.6 Å². The van der Waals surface area contributed by atoms with Crippen LogP contribution < -0.4 is 5.32 Å². The Morgan fingerprint density at radius 2 is 2.38 bits per heavy atom. The van der Waals surface area contributed by atoms with E-state index >= 15 is 0 Å². The van der Waals surface area contributed by atoms with E-state index in [0.29, 0.717) is 0 Å². The van der Waals surface area contributed by atoms with Crippen molar-refractivity contribution in [2.24, 2.45) is 7.05 Å². The number of rotatable bonds is 5. The Kier molecular flexibility index (Phi) is 3.74. The van der Waals surface area contributed by atoms with Crippen molar-refractivity contribution in [1.82, 2.24) is 15.1 Å². The van der Waals surface area contributed by atoms with E-state index in [-0.39, 0.29) is 0 Å². The van der Waals surface area contributed by atoms with Gasteiger partial charge in [0.05, 0.1) is 10.6 Å². The van der Waals surface area contributed by atoms with Gasteiger partial charge in [0.1, 0.15) is 5.69 Å². The van der Waals surface area contributed by atoms with E-state index in [1.807, 2.05) is 11.7 Å². The van der Waals surface area contributed by atoms with Crippen LogP contribution in [0.2, 0.25) is 0 Å². The molecule has 0 saturated heterocycles. The molecule has 4 heteroatoms. The lowest BCUT2D eigenvalue weighted by atomic mass is 10.3. The van der Waals surface area contributed by atoms with E-state index < -0.39 is 0 Å². The molecular weight excluding hydrogens is 218 g/mol. The van der Waals surface area contributed by atoms with Gasteiger partial charge < -0.3 is 5.32 Å². The highest BCUT2D eigenvalue weighted by Crippen LogP contribution is 2.23. The topological polar surface area (TPSA) is 29.9 Å². The van der Waals surface area contributed by atoms with Crippen molar-refractivity contribution in [3.05, 3.63) is 29.3 Å². The van der Waals surface area contributed by atoms with E-state index in [2.05, 4.69) is 40.9 Å². The number of aryl methyl sites for hydroxylation is 1. The second kappa shape index (κ2) is 5.27. The maximum atomic E-state index is 4.52. The molecule has 2 aromatic heterocycles. The minimum atomic E-state index is 0.892. The fraction of sp³-hybridized carbons (Fsp3) is 0.417. The molecule has 0 bridgehead atoms. The predicted molar refractivity (Wildman–Crippen MR) is 68.5 cm³/mol. The Hall–Kier alpha value is -1.13. The van der Waals surface area contributed by atoms with Gasteiger partial charge in [-0.2, -0.15) is 5.10 Å². The predicted octanol–water partition coefficient (Wildman–Crippen LogP) is 2.65. The van der Waals surface area contributed by atoms with Gasteiger partial charge in [-0.1, -0.05) is 13.0 Å². The molecule has 0 aromatic carbocycles. The smallest absolute Gasteiger partial charge is 0.103 e. The second-order valence-corrected chi connectivity index (χ2v) is 4.75. The van der Waals surface area contributed by atoms with Crippen LogP contribution in [0.3, 0.4) is 0 Å². The summed E-state index contributed by atoms with van der Waals surface area (Å²) in [6.07, 6.45) is 1.16. The second-order valence-electron chi connectivity index (χ2n) is 3.80. The Balaban J connectivity index is 2.10. The van der Waals surface area contributed by atoms with Crippen molar-refractivity contribution in [2.45, 2.75) is 19.9 Å². The maximum Gasteiger partial charge on any atom is 0.103 e. The van der Waals surface area contributed by atoms with Gasteiger partial charge in [-0.05, 0) is 30.5 Å². The third kappa shape index (κ3) is 2.51. The van der Waals surface area contributed by atoms with Crippen LogP contribution in [-0.2, 0) is 13.6 Å². The third-order valence-corrected chi connectivity index (χ3v) is 3.38. The molecule has 2 heterocycles. The highest BCUT2D eigenvalue weighted by Gasteiger charge is 2.07. The molecule has 16 heavy (non-hydrogen) atoms. The van der Waals surface area contributed by atoms with Crippen LogP contribution in [-0.4, -0.2) is 16.3 Å². The first kappa shape index (κ1) is 11.4. The van der Waals surface area contributed by atoms with E-state index in [1.165, 1.54) is 10.6 Å². The van der Waals surface area contributed by atoms with Crippen LogP contribution in [0.1, 0.15) is 19.0 Å². The van der Waals surface area contributed by atoms with Crippen LogP contribution in [0.4, 0.5) is 0 Å². The lowest BCUT2D eigenvalue weighted by Crippen LogP contribution is -2.16. The molecule has 0 unspecified atom stereocenters. The molecule has 86 valence electrons. The molecule has 0 radical (unpaired) electrons. The summed E-state index contributed by atoms with van der Waals surface area (Å²) in [5.74, 6) is 0. The van der Waals surface area contributed by atoms with Crippen molar-refractivity contribution in [2.75, 3.05) is 6.54 Å². The van der Waals surface area contributed by atoms with Crippen LogP contribution >= 0.6 is 11.3 Å². The fourth-order valence-electron chi connectivity index (χ4n) is 1.61. The van der Waals surface area contributed by atoms with E-state index in [4.69, 9.17) is 0 Å².